The van der Waals surface area contributed by atoms with Crippen LogP contribution in [-0.2, 0) is 19.0 Å². The predicted octanol–water partition coefficient (Wildman–Crippen LogP) is 1.21. The van der Waals surface area contributed by atoms with E-state index < -0.39 is 36.5 Å². The Morgan fingerprint density at radius 1 is 1.09 bits per heavy atom. The number of hydrogen-bond donors (Lipinski definition) is 2. The van der Waals surface area contributed by atoms with Gasteiger partial charge in [-0.3, -0.25) is 4.79 Å². The van der Waals surface area contributed by atoms with E-state index in [9.17, 15) is 15.0 Å². The van der Waals surface area contributed by atoms with Gasteiger partial charge in [0.05, 0.1) is 12.5 Å². The Balaban J connectivity index is 2.29. The third-order valence-corrected chi connectivity index (χ3v) is 3.86. The van der Waals surface area contributed by atoms with Crippen molar-refractivity contribution in [3.63, 3.8) is 0 Å². The molecule has 23 heavy (non-hydrogen) atoms. The molecule has 1 aliphatic rings. The van der Waals surface area contributed by atoms with Gasteiger partial charge in [-0.05, 0) is 19.4 Å². The minimum atomic E-state index is -1.30. The molecule has 5 atom stereocenters. The number of esters is 1. The predicted molar refractivity (Wildman–Crippen MR) is 82.7 cm³/mol. The first-order valence-electron chi connectivity index (χ1n) is 7.92. The van der Waals surface area contributed by atoms with Crippen molar-refractivity contribution in [3.05, 3.63) is 35.9 Å². The molecule has 1 aliphatic heterocycles. The minimum absolute atomic E-state index is 0.0361. The van der Waals surface area contributed by atoms with Crippen LogP contribution in [0.2, 0.25) is 0 Å². The highest BCUT2D eigenvalue weighted by atomic mass is 16.6. The van der Waals surface area contributed by atoms with Crippen molar-refractivity contribution in [3.8, 4) is 0 Å². The van der Waals surface area contributed by atoms with Gasteiger partial charge in [0.1, 0.15) is 18.3 Å². The largest absolute Gasteiger partial charge is 0.455 e. The second-order valence-electron chi connectivity index (χ2n) is 5.42. The molecule has 1 heterocycles. The summed E-state index contributed by atoms with van der Waals surface area (Å²) in [5, 5.41) is 21.1. The number of carbonyl (C=O) groups excluding carboxylic acids is 1. The Morgan fingerprint density at radius 2 is 1.74 bits per heavy atom. The number of ether oxygens (including phenoxy) is 3. The summed E-state index contributed by atoms with van der Waals surface area (Å²) in [5.41, 5.74) is 0.623. The van der Waals surface area contributed by atoms with Gasteiger partial charge < -0.3 is 24.4 Å². The summed E-state index contributed by atoms with van der Waals surface area (Å²) in [4.78, 5) is 12.2. The summed E-state index contributed by atoms with van der Waals surface area (Å²) in [6.45, 7) is 4.28. The maximum absolute atomic E-state index is 12.2. The smallest absolute Gasteiger partial charge is 0.309 e. The molecule has 0 unspecified atom stereocenters. The summed E-state index contributed by atoms with van der Waals surface area (Å²) < 4.78 is 16.5. The van der Waals surface area contributed by atoms with E-state index >= 15 is 0 Å². The normalized spacial score (nSPS) is 32.0. The van der Waals surface area contributed by atoms with Gasteiger partial charge in [0.2, 0.25) is 0 Å². The van der Waals surface area contributed by atoms with Crippen LogP contribution in [0.1, 0.15) is 31.9 Å². The molecule has 1 aromatic carbocycles. The van der Waals surface area contributed by atoms with E-state index in [-0.39, 0.29) is 6.42 Å². The summed E-state index contributed by atoms with van der Waals surface area (Å²) in [6, 6.07) is 8.87. The lowest BCUT2D eigenvalue weighted by molar-refractivity contribution is -0.200. The molecule has 0 saturated carbocycles. The molecule has 6 heteroatoms. The van der Waals surface area contributed by atoms with Crippen molar-refractivity contribution in [2.45, 2.75) is 50.8 Å². The zero-order chi connectivity index (χ0) is 16.8. The van der Waals surface area contributed by atoms with Crippen LogP contribution in [0.5, 0.6) is 0 Å². The highest BCUT2D eigenvalue weighted by Crippen LogP contribution is 2.30. The second kappa shape index (κ2) is 8.40. The molecular weight excluding hydrogens is 300 g/mol. The third-order valence-electron chi connectivity index (χ3n) is 3.86. The lowest BCUT2D eigenvalue weighted by Gasteiger charge is -2.37. The number of benzene rings is 1. The summed E-state index contributed by atoms with van der Waals surface area (Å²) >= 11 is 0. The zero-order valence-corrected chi connectivity index (χ0v) is 13.4. The van der Waals surface area contributed by atoms with Gasteiger partial charge in [-0.25, -0.2) is 0 Å². The van der Waals surface area contributed by atoms with Crippen molar-refractivity contribution in [2.24, 2.45) is 0 Å². The first-order chi connectivity index (χ1) is 11.1. The van der Waals surface area contributed by atoms with E-state index in [4.69, 9.17) is 14.2 Å². The molecule has 0 bridgehead atoms. The average molecular weight is 324 g/mol. The maximum Gasteiger partial charge on any atom is 0.309 e. The van der Waals surface area contributed by atoms with Gasteiger partial charge >= 0.3 is 5.97 Å². The van der Waals surface area contributed by atoms with E-state index in [1.165, 1.54) is 0 Å². The van der Waals surface area contributed by atoms with E-state index in [2.05, 4.69) is 0 Å². The van der Waals surface area contributed by atoms with Crippen LogP contribution in [0.25, 0.3) is 0 Å². The molecule has 0 amide bonds. The van der Waals surface area contributed by atoms with Crippen LogP contribution in [0.4, 0.5) is 0 Å². The van der Waals surface area contributed by atoms with Crippen molar-refractivity contribution in [1.29, 1.82) is 0 Å². The third kappa shape index (κ3) is 4.29. The molecule has 0 radical (unpaired) electrons. The van der Waals surface area contributed by atoms with Crippen LogP contribution in [-0.4, -0.2) is 53.8 Å². The molecule has 128 valence electrons. The number of aliphatic hydroxyl groups excluding tert-OH is 2. The Labute approximate surface area is 136 Å². The van der Waals surface area contributed by atoms with Crippen molar-refractivity contribution in [2.75, 3.05) is 13.2 Å². The molecule has 2 N–H and O–H groups in total. The van der Waals surface area contributed by atoms with Gasteiger partial charge in [0.25, 0.3) is 0 Å². The molecule has 0 spiro atoms. The number of rotatable bonds is 5. The Kier molecular flexibility index (Phi) is 6.53. The SMILES string of the molecule is CCO[C@H]1[C@@H](O)[C@H](O)[C@@H](c2ccccc2)OC(=O)C[C@H]1OCC. The van der Waals surface area contributed by atoms with Crippen LogP contribution in [0.3, 0.4) is 0 Å². The van der Waals surface area contributed by atoms with Crippen LogP contribution in [0.15, 0.2) is 30.3 Å². The molecule has 0 aliphatic carbocycles. The van der Waals surface area contributed by atoms with E-state index in [1.54, 1.807) is 38.1 Å². The fourth-order valence-corrected chi connectivity index (χ4v) is 2.81. The first kappa shape index (κ1) is 17.9. The molecule has 6 nitrogen and oxygen atoms in total. The molecular formula is C17H24O6. The fourth-order valence-electron chi connectivity index (χ4n) is 2.81. The van der Waals surface area contributed by atoms with E-state index in [0.717, 1.165) is 0 Å². The number of hydrogen-bond acceptors (Lipinski definition) is 6. The van der Waals surface area contributed by atoms with Gasteiger partial charge in [-0.15, -0.1) is 0 Å². The molecule has 2 rings (SSSR count). The molecule has 0 aromatic heterocycles. The molecule has 1 aromatic rings. The quantitative estimate of drug-likeness (QED) is 0.792. The van der Waals surface area contributed by atoms with Gasteiger partial charge in [0, 0.05) is 13.2 Å². The molecule has 1 fully saturated rings. The summed E-state index contributed by atoms with van der Waals surface area (Å²) in [6.07, 6.45) is -4.97. The fraction of sp³-hybridized carbons (Fsp3) is 0.588. The molecule has 1 saturated heterocycles. The maximum atomic E-state index is 12.2. The zero-order valence-electron chi connectivity index (χ0n) is 13.4. The van der Waals surface area contributed by atoms with Crippen LogP contribution in [0, 0.1) is 0 Å². The van der Waals surface area contributed by atoms with Crippen LogP contribution >= 0.6 is 0 Å². The Hall–Kier alpha value is -1.47. The van der Waals surface area contributed by atoms with Gasteiger partial charge in [-0.1, -0.05) is 30.3 Å². The number of carbonyl (C=O) groups is 1. The second-order valence-corrected chi connectivity index (χ2v) is 5.42. The highest BCUT2D eigenvalue weighted by Gasteiger charge is 2.43. The lowest BCUT2D eigenvalue weighted by Crippen LogP contribution is -2.52. The van der Waals surface area contributed by atoms with Crippen LogP contribution < -0.4 is 0 Å². The standard InChI is InChI=1S/C17H24O6/c1-3-21-12-10-13(18)23-16(11-8-6-5-7-9-11)14(19)15(20)17(12)22-4-2/h5-9,12,14-17,19-20H,3-4,10H2,1-2H3/t12-,14+,15+,16-,17-/m1/s1. The lowest BCUT2D eigenvalue weighted by atomic mass is 9.92. The first-order valence-corrected chi connectivity index (χ1v) is 7.92. The van der Waals surface area contributed by atoms with Gasteiger partial charge in [-0.2, -0.15) is 0 Å². The Morgan fingerprint density at radius 3 is 2.35 bits per heavy atom. The summed E-state index contributed by atoms with van der Waals surface area (Å²) in [5.74, 6) is -0.493. The van der Waals surface area contributed by atoms with Crippen molar-refractivity contribution < 1.29 is 29.2 Å². The summed E-state index contributed by atoms with van der Waals surface area (Å²) in [7, 11) is 0. The van der Waals surface area contributed by atoms with Gasteiger partial charge in [0.15, 0.2) is 6.10 Å². The number of aliphatic hydroxyl groups is 2. The van der Waals surface area contributed by atoms with E-state index in [0.29, 0.717) is 18.8 Å². The van der Waals surface area contributed by atoms with E-state index in [1.807, 2.05) is 6.07 Å². The number of cyclic esters (lactones) is 1. The monoisotopic (exact) mass is 324 g/mol. The highest BCUT2D eigenvalue weighted by molar-refractivity contribution is 5.70. The topological polar surface area (TPSA) is 85.2 Å². The van der Waals surface area contributed by atoms with Crippen molar-refractivity contribution >= 4 is 5.97 Å². The van der Waals surface area contributed by atoms with Crippen molar-refractivity contribution in [1.82, 2.24) is 0 Å². The minimum Gasteiger partial charge on any atom is -0.455 e. The average Bonchev–Trinajstić information content (AvgIpc) is 2.56. The Bertz CT molecular complexity index is 491.